The lowest BCUT2D eigenvalue weighted by Crippen LogP contribution is -2.49. The summed E-state index contributed by atoms with van der Waals surface area (Å²) in [4.78, 5) is 38.7. The maximum absolute atomic E-state index is 13.9. The zero-order valence-corrected chi connectivity index (χ0v) is 18.5. The highest BCUT2D eigenvalue weighted by molar-refractivity contribution is 5.96. The molecule has 3 atom stereocenters. The molecule has 1 heterocycles. The van der Waals surface area contributed by atoms with Crippen LogP contribution in [0.3, 0.4) is 0 Å². The monoisotopic (exact) mass is 459 g/mol. The molecular formula is C20H30F5NO5. The minimum absolute atomic E-state index is 0.171. The standard InChI is InChI=1S/C20H30F5NO5/c1-11(2)14-10-30-17(29)26(14)15(27)12(7-8-20(23,24)25)13(9-19(6,21)22)16(28)31-18(3,4)5/h11-14H,7-10H2,1-6H3/t12-,13?,14-/m1/s1. The lowest BCUT2D eigenvalue weighted by Gasteiger charge is -2.33. The summed E-state index contributed by atoms with van der Waals surface area (Å²) in [6, 6.07) is -0.783. The Morgan fingerprint density at radius 3 is 2.06 bits per heavy atom. The van der Waals surface area contributed by atoms with Crippen LogP contribution in [0.25, 0.3) is 0 Å². The van der Waals surface area contributed by atoms with Crippen LogP contribution in [0.4, 0.5) is 26.7 Å². The van der Waals surface area contributed by atoms with Crippen LogP contribution in [0.2, 0.25) is 0 Å². The van der Waals surface area contributed by atoms with Crippen molar-refractivity contribution < 1.29 is 45.8 Å². The van der Waals surface area contributed by atoms with Gasteiger partial charge in [0.1, 0.15) is 12.2 Å². The van der Waals surface area contributed by atoms with Gasteiger partial charge in [-0.25, -0.2) is 18.5 Å². The van der Waals surface area contributed by atoms with Crippen LogP contribution >= 0.6 is 0 Å². The Morgan fingerprint density at radius 1 is 1.10 bits per heavy atom. The van der Waals surface area contributed by atoms with E-state index in [-0.39, 0.29) is 12.5 Å². The first kappa shape index (κ1) is 27.1. The molecule has 0 saturated carbocycles. The smallest absolute Gasteiger partial charge is 0.416 e. The van der Waals surface area contributed by atoms with Crippen molar-refractivity contribution in [1.29, 1.82) is 0 Å². The van der Waals surface area contributed by atoms with Gasteiger partial charge in [-0.15, -0.1) is 0 Å². The maximum atomic E-state index is 13.9. The molecule has 2 amide bonds. The van der Waals surface area contributed by atoms with Crippen LogP contribution in [0.5, 0.6) is 0 Å². The zero-order valence-electron chi connectivity index (χ0n) is 18.5. The van der Waals surface area contributed by atoms with Crippen LogP contribution in [0.1, 0.15) is 60.8 Å². The number of nitrogens with zero attached hydrogens (tertiary/aromatic N) is 1. The fourth-order valence-electron chi connectivity index (χ4n) is 3.33. The van der Waals surface area contributed by atoms with E-state index in [9.17, 15) is 36.3 Å². The molecular weight excluding hydrogens is 429 g/mol. The molecule has 0 aliphatic carbocycles. The first-order chi connectivity index (χ1) is 13.8. The molecule has 0 aromatic heterocycles. The molecule has 6 nitrogen and oxygen atoms in total. The van der Waals surface area contributed by atoms with Gasteiger partial charge in [-0.2, -0.15) is 13.2 Å². The van der Waals surface area contributed by atoms with E-state index in [1.807, 2.05) is 0 Å². The normalized spacial score (nSPS) is 19.9. The Kier molecular flexibility index (Phi) is 8.46. The van der Waals surface area contributed by atoms with Crippen molar-refractivity contribution in [3.63, 3.8) is 0 Å². The highest BCUT2D eigenvalue weighted by Gasteiger charge is 2.49. The Balaban J connectivity index is 3.40. The molecule has 0 aromatic carbocycles. The van der Waals surface area contributed by atoms with E-state index in [0.29, 0.717) is 11.8 Å². The van der Waals surface area contributed by atoms with E-state index >= 15 is 0 Å². The molecule has 1 unspecified atom stereocenters. The fraction of sp³-hybridized carbons (Fsp3) is 0.850. The van der Waals surface area contributed by atoms with Crippen molar-refractivity contribution in [1.82, 2.24) is 4.90 Å². The van der Waals surface area contributed by atoms with E-state index in [2.05, 4.69) is 0 Å². The Morgan fingerprint density at radius 2 is 1.65 bits per heavy atom. The molecule has 180 valence electrons. The molecule has 0 radical (unpaired) electrons. The van der Waals surface area contributed by atoms with Gasteiger partial charge in [0.25, 0.3) is 0 Å². The average Bonchev–Trinajstić information content (AvgIpc) is 2.91. The minimum Gasteiger partial charge on any atom is -0.460 e. The third-order valence-electron chi connectivity index (χ3n) is 4.74. The maximum Gasteiger partial charge on any atom is 0.416 e. The number of cyclic esters (lactones) is 1. The number of hydrogen-bond donors (Lipinski definition) is 0. The summed E-state index contributed by atoms with van der Waals surface area (Å²) in [6.45, 7) is 8.06. The van der Waals surface area contributed by atoms with E-state index in [1.165, 1.54) is 20.8 Å². The number of halogens is 5. The molecule has 1 rings (SSSR count). The minimum atomic E-state index is -4.70. The largest absolute Gasteiger partial charge is 0.460 e. The lowest BCUT2D eigenvalue weighted by atomic mass is 9.82. The third kappa shape index (κ3) is 8.60. The van der Waals surface area contributed by atoms with Gasteiger partial charge in [0.05, 0.1) is 17.9 Å². The number of carbonyl (C=O) groups excluding carboxylic acids is 3. The zero-order chi connectivity index (χ0) is 24.4. The molecule has 31 heavy (non-hydrogen) atoms. The van der Waals surface area contributed by atoms with Gasteiger partial charge in [-0.05, 0) is 40.0 Å². The van der Waals surface area contributed by atoms with Crippen molar-refractivity contribution in [3.8, 4) is 0 Å². The number of esters is 1. The van der Waals surface area contributed by atoms with Crippen molar-refractivity contribution in [2.45, 2.75) is 84.5 Å². The van der Waals surface area contributed by atoms with Gasteiger partial charge in [0.2, 0.25) is 11.8 Å². The SMILES string of the molecule is CC(C)[C@H]1COC(=O)N1C(=O)[C@H](CCC(F)(F)F)C(CC(C)(F)F)C(=O)OC(C)(C)C. The summed E-state index contributed by atoms with van der Waals surface area (Å²) in [5, 5.41) is 0. The molecule has 1 aliphatic rings. The van der Waals surface area contributed by atoms with Gasteiger partial charge in [0.15, 0.2) is 0 Å². The van der Waals surface area contributed by atoms with Crippen LogP contribution in [-0.4, -0.2) is 53.2 Å². The summed E-state index contributed by atoms with van der Waals surface area (Å²) in [7, 11) is 0. The second kappa shape index (κ2) is 9.68. The molecule has 1 aliphatic heterocycles. The molecule has 0 aromatic rings. The number of alkyl halides is 5. The number of carbonyl (C=O) groups is 3. The number of ether oxygens (including phenoxy) is 2. The summed E-state index contributed by atoms with van der Waals surface area (Å²) in [6.07, 6.45) is -9.42. The summed E-state index contributed by atoms with van der Waals surface area (Å²) < 4.78 is 76.5. The predicted octanol–water partition coefficient (Wildman–Crippen LogP) is 4.95. The lowest BCUT2D eigenvalue weighted by molar-refractivity contribution is -0.172. The number of rotatable bonds is 8. The average molecular weight is 459 g/mol. The molecule has 0 spiro atoms. The summed E-state index contributed by atoms with van der Waals surface area (Å²) >= 11 is 0. The van der Waals surface area contributed by atoms with Gasteiger partial charge in [-0.3, -0.25) is 9.59 Å². The Hall–Kier alpha value is -1.94. The van der Waals surface area contributed by atoms with Crippen LogP contribution < -0.4 is 0 Å². The second-order valence-corrected chi connectivity index (χ2v) is 9.27. The van der Waals surface area contributed by atoms with Crippen molar-refractivity contribution in [2.24, 2.45) is 17.8 Å². The first-order valence-electron chi connectivity index (χ1n) is 9.99. The molecule has 1 fully saturated rings. The quantitative estimate of drug-likeness (QED) is 0.379. The van der Waals surface area contributed by atoms with E-state index in [0.717, 1.165) is 0 Å². The van der Waals surface area contributed by atoms with E-state index < -0.39 is 72.8 Å². The number of amides is 2. The van der Waals surface area contributed by atoms with Crippen LogP contribution in [0.15, 0.2) is 0 Å². The van der Waals surface area contributed by atoms with Gasteiger partial charge in [-0.1, -0.05) is 13.8 Å². The summed E-state index contributed by atoms with van der Waals surface area (Å²) in [5.74, 6) is -9.86. The molecule has 0 N–H and O–H groups in total. The second-order valence-electron chi connectivity index (χ2n) is 9.27. The highest BCUT2D eigenvalue weighted by atomic mass is 19.4. The van der Waals surface area contributed by atoms with E-state index in [1.54, 1.807) is 13.8 Å². The Bertz CT molecular complexity index is 666. The van der Waals surface area contributed by atoms with Crippen molar-refractivity contribution in [3.05, 3.63) is 0 Å². The highest BCUT2D eigenvalue weighted by Crippen LogP contribution is 2.37. The van der Waals surface area contributed by atoms with Crippen molar-refractivity contribution >= 4 is 18.0 Å². The van der Waals surface area contributed by atoms with Crippen LogP contribution in [-0.2, 0) is 19.1 Å². The molecule has 1 saturated heterocycles. The van der Waals surface area contributed by atoms with Gasteiger partial charge in [0, 0.05) is 12.8 Å². The predicted molar refractivity (Wildman–Crippen MR) is 100 cm³/mol. The Labute approximate surface area is 178 Å². The van der Waals surface area contributed by atoms with Gasteiger partial charge >= 0.3 is 18.2 Å². The fourth-order valence-corrected chi connectivity index (χ4v) is 3.33. The molecule has 11 heteroatoms. The van der Waals surface area contributed by atoms with Gasteiger partial charge < -0.3 is 9.47 Å². The first-order valence-corrected chi connectivity index (χ1v) is 9.99. The third-order valence-corrected chi connectivity index (χ3v) is 4.74. The summed E-state index contributed by atoms with van der Waals surface area (Å²) in [5.41, 5.74) is -1.12. The van der Waals surface area contributed by atoms with Crippen LogP contribution in [0, 0.1) is 17.8 Å². The number of imide groups is 1. The topological polar surface area (TPSA) is 72.9 Å². The van der Waals surface area contributed by atoms with Crippen molar-refractivity contribution in [2.75, 3.05) is 6.61 Å². The van der Waals surface area contributed by atoms with E-state index in [4.69, 9.17) is 9.47 Å². The number of hydrogen-bond acceptors (Lipinski definition) is 5. The molecule has 0 bridgehead atoms.